The van der Waals surface area contributed by atoms with E-state index in [1.54, 1.807) is 13.2 Å². The van der Waals surface area contributed by atoms with Crippen LogP contribution in [0.5, 0.6) is 0 Å². The molecule has 0 atom stereocenters. The van der Waals surface area contributed by atoms with Gasteiger partial charge in [0.05, 0.1) is 11.6 Å². The van der Waals surface area contributed by atoms with Gasteiger partial charge in [0.25, 0.3) is 0 Å². The molecule has 3 N–H and O–H groups in total. The van der Waals surface area contributed by atoms with Crippen LogP contribution in [0.25, 0.3) is 22.3 Å². The molecule has 0 radical (unpaired) electrons. The molecule has 1 heterocycles. The van der Waals surface area contributed by atoms with E-state index in [0.29, 0.717) is 24.2 Å². The maximum Gasteiger partial charge on any atom is 0.410 e. The molecule has 28 heavy (non-hydrogen) atoms. The Morgan fingerprint density at radius 1 is 0.964 bits per heavy atom. The first-order valence-electron chi connectivity index (χ1n) is 8.87. The number of hydrogen-bond acceptors (Lipinski definition) is 3. The second kappa shape index (κ2) is 6.53. The van der Waals surface area contributed by atoms with Crippen LogP contribution in [0.1, 0.15) is 18.4 Å². The Balaban J connectivity index is 1.59. The lowest BCUT2D eigenvalue weighted by molar-refractivity contribution is -0.140. The van der Waals surface area contributed by atoms with Gasteiger partial charge in [-0.05, 0) is 35.1 Å². The highest BCUT2D eigenvalue weighted by Crippen LogP contribution is 2.48. The van der Waals surface area contributed by atoms with E-state index in [0.717, 1.165) is 22.3 Å². The normalized spacial score (nSPS) is 14.5. The summed E-state index contributed by atoms with van der Waals surface area (Å²) in [5, 5.41) is 24.9. The van der Waals surface area contributed by atoms with Crippen molar-refractivity contribution in [3.63, 3.8) is 0 Å². The van der Waals surface area contributed by atoms with Crippen molar-refractivity contribution in [1.29, 1.82) is 0 Å². The average molecular weight is 377 g/mol. The van der Waals surface area contributed by atoms with Crippen LogP contribution in [0, 0.1) is 0 Å². The highest BCUT2D eigenvalue weighted by atomic mass is 16.4. The van der Waals surface area contributed by atoms with Crippen molar-refractivity contribution >= 4 is 17.9 Å². The van der Waals surface area contributed by atoms with Gasteiger partial charge in [-0.1, -0.05) is 48.5 Å². The van der Waals surface area contributed by atoms with Gasteiger partial charge < -0.3 is 10.2 Å². The molecule has 1 aliphatic rings. The van der Waals surface area contributed by atoms with Crippen LogP contribution < -0.4 is 5.32 Å². The number of rotatable bonds is 5. The third kappa shape index (κ3) is 3.00. The van der Waals surface area contributed by atoms with Crippen LogP contribution in [0.15, 0.2) is 54.7 Å². The summed E-state index contributed by atoms with van der Waals surface area (Å²) in [6.45, 7) is 0. The SMILES string of the molecule is Cn1ncc(-c2ccc(-c3ccc(C4(C(=O)O)CC4)cc3)cc2)c1NC(=O)O. The van der Waals surface area contributed by atoms with E-state index in [1.807, 2.05) is 48.5 Å². The van der Waals surface area contributed by atoms with E-state index in [1.165, 1.54) is 4.68 Å². The number of hydrogen-bond donors (Lipinski definition) is 3. The molecular weight excluding hydrogens is 358 g/mol. The molecule has 1 fully saturated rings. The molecule has 0 spiro atoms. The highest BCUT2D eigenvalue weighted by Gasteiger charge is 2.51. The third-order valence-electron chi connectivity index (χ3n) is 5.29. The smallest absolute Gasteiger partial charge is 0.410 e. The lowest BCUT2D eigenvalue weighted by Crippen LogP contribution is -2.19. The minimum Gasteiger partial charge on any atom is -0.481 e. The Hall–Kier alpha value is -3.61. The van der Waals surface area contributed by atoms with Crippen LogP contribution >= 0.6 is 0 Å². The van der Waals surface area contributed by atoms with E-state index in [2.05, 4.69) is 10.4 Å². The zero-order valence-electron chi connectivity index (χ0n) is 15.2. The number of anilines is 1. The Morgan fingerprint density at radius 2 is 1.50 bits per heavy atom. The topological polar surface area (TPSA) is 104 Å². The number of carbonyl (C=O) groups is 2. The summed E-state index contributed by atoms with van der Waals surface area (Å²) in [4.78, 5) is 22.5. The summed E-state index contributed by atoms with van der Waals surface area (Å²) in [6, 6.07) is 15.4. The standard InChI is InChI=1S/C21H19N3O4/c1-24-18(23-20(27)28)17(12-22-24)15-4-2-13(3-5-15)14-6-8-16(9-7-14)21(10-11-21)19(25)26/h2-9,12,23H,10-11H2,1H3,(H,25,26)(H,27,28). The van der Waals surface area contributed by atoms with Crippen molar-refractivity contribution in [2.45, 2.75) is 18.3 Å². The van der Waals surface area contributed by atoms with Gasteiger partial charge in [0, 0.05) is 12.6 Å². The molecule has 7 nitrogen and oxygen atoms in total. The van der Waals surface area contributed by atoms with Gasteiger partial charge in [0.2, 0.25) is 0 Å². The van der Waals surface area contributed by atoms with Gasteiger partial charge in [-0.2, -0.15) is 5.10 Å². The van der Waals surface area contributed by atoms with Crippen LogP contribution in [0.4, 0.5) is 10.6 Å². The Bertz CT molecular complexity index is 1050. The van der Waals surface area contributed by atoms with E-state index in [4.69, 9.17) is 5.11 Å². The Kier molecular flexibility index (Phi) is 4.15. The van der Waals surface area contributed by atoms with E-state index in [9.17, 15) is 14.7 Å². The predicted molar refractivity (Wildman–Crippen MR) is 104 cm³/mol. The second-order valence-electron chi connectivity index (χ2n) is 7.00. The van der Waals surface area contributed by atoms with Crippen LogP contribution in [0.2, 0.25) is 0 Å². The molecule has 1 saturated carbocycles. The molecular formula is C21H19N3O4. The van der Waals surface area contributed by atoms with Gasteiger partial charge in [-0.15, -0.1) is 0 Å². The first kappa shape index (κ1) is 17.8. The number of aryl methyl sites for hydroxylation is 1. The van der Waals surface area contributed by atoms with Crippen LogP contribution in [-0.4, -0.2) is 32.1 Å². The average Bonchev–Trinajstić information content (AvgIpc) is 3.43. The maximum atomic E-state index is 11.5. The first-order valence-corrected chi connectivity index (χ1v) is 8.87. The molecule has 1 aromatic heterocycles. The third-order valence-corrected chi connectivity index (χ3v) is 5.29. The van der Waals surface area contributed by atoms with Gasteiger partial charge in [-0.3, -0.25) is 14.8 Å². The molecule has 142 valence electrons. The minimum absolute atomic E-state index is 0.410. The zero-order valence-corrected chi connectivity index (χ0v) is 15.2. The number of benzene rings is 2. The molecule has 7 heteroatoms. The molecule has 4 rings (SSSR count). The highest BCUT2D eigenvalue weighted by molar-refractivity contribution is 5.89. The van der Waals surface area contributed by atoms with Crippen LogP contribution in [0.3, 0.4) is 0 Å². The van der Waals surface area contributed by atoms with Crippen LogP contribution in [-0.2, 0) is 17.3 Å². The number of nitrogens with one attached hydrogen (secondary N) is 1. The van der Waals surface area contributed by atoms with E-state index >= 15 is 0 Å². The van der Waals surface area contributed by atoms with Crippen molar-refractivity contribution in [2.24, 2.45) is 7.05 Å². The van der Waals surface area contributed by atoms with Gasteiger partial charge in [0.15, 0.2) is 0 Å². The van der Waals surface area contributed by atoms with Gasteiger partial charge in [0.1, 0.15) is 5.82 Å². The fourth-order valence-corrected chi connectivity index (χ4v) is 3.47. The molecule has 3 aromatic rings. The lowest BCUT2D eigenvalue weighted by atomic mass is 9.93. The summed E-state index contributed by atoms with van der Waals surface area (Å²) in [5.74, 6) is -0.347. The fourth-order valence-electron chi connectivity index (χ4n) is 3.47. The molecule has 2 aromatic carbocycles. The monoisotopic (exact) mass is 377 g/mol. The first-order chi connectivity index (χ1) is 13.4. The number of carboxylic acid groups (broad SMARTS) is 2. The number of carboxylic acids is 1. The summed E-state index contributed by atoms with van der Waals surface area (Å²) >= 11 is 0. The fraction of sp³-hybridized carbons (Fsp3) is 0.190. The van der Waals surface area contributed by atoms with E-state index in [-0.39, 0.29) is 0 Å². The van der Waals surface area contributed by atoms with Crippen molar-refractivity contribution < 1.29 is 19.8 Å². The second-order valence-corrected chi connectivity index (χ2v) is 7.00. The zero-order chi connectivity index (χ0) is 19.9. The molecule has 0 aliphatic heterocycles. The van der Waals surface area contributed by atoms with E-state index < -0.39 is 17.5 Å². The number of aliphatic carboxylic acids is 1. The van der Waals surface area contributed by atoms with Crippen molar-refractivity contribution in [3.8, 4) is 22.3 Å². The van der Waals surface area contributed by atoms with Gasteiger partial charge in [-0.25, -0.2) is 4.79 Å². The number of amides is 1. The summed E-state index contributed by atoms with van der Waals surface area (Å²) in [6.07, 6.45) is 1.86. The molecule has 1 amide bonds. The molecule has 1 aliphatic carbocycles. The molecule has 0 bridgehead atoms. The predicted octanol–water partition coefficient (Wildman–Crippen LogP) is 3.96. The quantitative estimate of drug-likeness (QED) is 0.624. The molecule has 0 unspecified atom stereocenters. The Labute approximate surface area is 161 Å². The minimum atomic E-state index is -1.14. The summed E-state index contributed by atoms with van der Waals surface area (Å²) in [5.41, 5.74) is 3.68. The van der Waals surface area contributed by atoms with Crippen molar-refractivity contribution in [3.05, 3.63) is 60.3 Å². The van der Waals surface area contributed by atoms with Crippen molar-refractivity contribution in [1.82, 2.24) is 9.78 Å². The maximum absolute atomic E-state index is 11.5. The number of nitrogens with zero attached hydrogens (tertiary/aromatic N) is 2. The van der Waals surface area contributed by atoms with Gasteiger partial charge >= 0.3 is 12.1 Å². The largest absolute Gasteiger partial charge is 0.481 e. The summed E-state index contributed by atoms with van der Waals surface area (Å²) in [7, 11) is 1.68. The number of aromatic nitrogens is 2. The Morgan fingerprint density at radius 3 is 2.00 bits per heavy atom. The lowest BCUT2D eigenvalue weighted by Gasteiger charge is -2.11. The molecule has 0 saturated heterocycles. The van der Waals surface area contributed by atoms with Crippen molar-refractivity contribution in [2.75, 3.05) is 5.32 Å². The summed E-state index contributed by atoms with van der Waals surface area (Å²) < 4.78 is 1.48.